The van der Waals surface area contributed by atoms with Crippen LogP contribution in [0.3, 0.4) is 0 Å². The van der Waals surface area contributed by atoms with Crippen LogP contribution in [-0.2, 0) is 0 Å². The van der Waals surface area contributed by atoms with Gasteiger partial charge >= 0.3 is 0 Å². The maximum Gasteiger partial charge on any atom is 0.0991 e. The van der Waals surface area contributed by atoms with Crippen molar-refractivity contribution >= 4 is 5.69 Å². The summed E-state index contributed by atoms with van der Waals surface area (Å²) in [6, 6.07) is 9.72. The van der Waals surface area contributed by atoms with Crippen LogP contribution in [0.1, 0.15) is 12.0 Å². The van der Waals surface area contributed by atoms with E-state index in [2.05, 4.69) is 11.0 Å². The van der Waals surface area contributed by atoms with Gasteiger partial charge in [0.05, 0.1) is 11.6 Å². The molecule has 0 spiro atoms. The number of hydrogen-bond acceptors (Lipinski definition) is 3. The number of nitriles is 1. The molecule has 1 unspecified atom stereocenters. The highest BCUT2D eigenvalue weighted by Gasteiger charge is 2.21. The Balaban J connectivity index is 2.08. The molecule has 1 N–H and O–H groups in total. The molecule has 2 rings (SSSR count). The van der Waals surface area contributed by atoms with E-state index in [0.717, 1.165) is 25.2 Å². The van der Waals surface area contributed by atoms with Crippen LogP contribution in [0, 0.1) is 17.2 Å². The van der Waals surface area contributed by atoms with E-state index in [1.807, 2.05) is 24.3 Å². The standard InChI is InChI=1S/C12H14N2O/c13-7-10-1-3-12(4-2-10)14-6-5-11(8-14)9-15/h1-4,11,15H,5-6,8-9H2. The fraction of sp³-hybridized carbons (Fsp3) is 0.417. The predicted molar refractivity (Wildman–Crippen MR) is 58.6 cm³/mol. The van der Waals surface area contributed by atoms with Gasteiger partial charge in [-0.05, 0) is 30.7 Å². The fourth-order valence-electron chi connectivity index (χ4n) is 1.96. The molecular weight excluding hydrogens is 188 g/mol. The third-order valence-corrected chi connectivity index (χ3v) is 2.91. The van der Waals surface area contributed by atoms with Crippen molar-refractivity contribution < 1.29 is 5.11 Å². The molecule has 1 saturated heterocycles. The molecule has 1 fully saturated rings. The van der Waals surface area contributed by atoms with Crippen molar-refractivity contribution in [3.63, 3.8) is 0 Å². The summed E-state index contributed by atoms with van der Waals surface area (Å²) in [5.41, 5.74) is 1.83. The molecule has 1 aliphatic rings. The first-order valence-electron chi connectivity index (χ1n) is 5.19. The Hall–Kier alpha value is -1.53. The van der Waals surface area contributed by atoms with Crippen molar-refractivity contribution in [1.29, 1.82) is 5.26 Å². The van der Waals surface area contributed by atoms with Gasteiger partial charge in [-0.15, -0.1) is 0 Å². The Morgan fingerprint density at radius 3 is 2.67 bits per heavy atom. The molecule has 3 nitrogen and oxygen atoms in total. The van der Waals surface area contributed by atoms with Crippen LogP contribution in [0.15, 0.2) is 24.3 Å². The van der Waals surface area contributed by atoms with Gasteiger partial charge in [0, 0.05) is 31.3 Å². The highest BCUT2D eigenvalue weighted by molar-refractivity contribution is 5.50. The lowest BCUT2D eigenvalue weighted by Gasteiger charge is -2.18. The highest BCUT2D eigenvalue weighted by atomic mass is 16.3. The largest absolute Gasteiger partial charge is 0.396 e. The highest BCUT2D eigenvalue weighted by Crippen LogP contribution is 2.23. The lowest BCUT2D eigenvalue weighted by atomic mass is 10.1. The molecule has 0 aliphatic carbocycles. The summed E-state index contributed by atoms with van der Waals surface area (Å²) < 4.78 is 0. The van der Waals surface area contributed by atoms with Gasteiger partial charge in [-0.3, -0.25) is 0 Å². The van der Waals surface area contributed by atoms with E-state index in [1.165, 1.54) is 0 Å². The molecule has 3 heteroatoms. The van der Waals surface area contributed by atoms with Gasteiger partial charge in [0.15, 0.2) is 0 Å². The van der Waals surface area contributed by atoms with Crippen LogP contribution in [-0.4, -0.2) is 24.8 Å². The van der Waals surface area contributed by atoms with Gasteiger partial charge in [-0.2, -0.15) is 5.26 Å². The summed E-state index contributed by atoms with van der Waals surface area (Å²) in [5, 5.41) is 17.7. The van der Waals surface area contributed by atoms with E-state index in [-0.39, 0.29) is 6.61 Å². The summed E-state index contributed by atoms with van der Waals surface area (Å²) >= 11 is 0. The van der Waals surface area contributed by atoms with Gasteiger partial charge in [-0.25, -0.2) is 0 Å². The zero-order valence-corrected chi connectivity index (χ0v) is 8.56. The average molecular weight is 202 g/mol. The average Bonchev–Trinajstić information content (AvgIpc) is 2.78. The first-order valence-corrected chi connectivity index (χ1v) is 5.19. The van der Waals surface area contributed by atoms with E-state index >= 15 is 0 Å². The lowest BCUT2D eigenvalue weighted by Crippen LogP contribution is -2.20. The third kappa shape index (κ3) is 2.11. The van der Waals surface area contributed by atoms with Gasteiger partial charge < -0.3 is 10.0 Å². The summed E-state index contributed by atoms with van der Waals surface area (Å²) in [6.07, 6.45) is 1.05. The van der Waals surface area contributed by atoms with Crippen LogP contribution in [0.25, 0.3) is 0 Å². The Morgan fingerprint density at radius 2 is 2.13 bits per heavy atom. The second-order valence-corrected chi connectivity index (χ2v) is 3.94. The molecule has 0 radical (unpaired) electrons. The predicted octanol–water partition coefficient (Wildman–Crippen LogP) is 1.38. The summed E-state index contributed by atoms with van der Waals surface area (Å²) in [6.45, 7) is 2.19. The minimum atomic E-state index is 0.271. The Labute approximate surface area is 89.6 Å². The molecule has 0 bridgehead atoms. The number of nitrogens with zero attached hydrogens (tertiary/aromatic N) is 2. The van der Waals surface area contributed by atoms with Crippen molar-refractivity contribution in [1.82, 2.24) is 0 Å². The van der Waals surface area contributed by atoms with E-state index in [0.29, 0.717) is 11.5 Å². The zero-order chi connectivity index (χ0) is 10.7. The van der Waals surface area contributed by atoms with Crippen molar-refractivity contribution in [3.8, 4) is 6.07 Å². The summed E-state index contributed by atoms with van der Waals surface area (Å²) in [4.78, 5) is 2.25. The number of anilines is 1. The molecule has 1 atom stereocenters. The van der Waals surface area contributed by atoms with Gasteiger partial charge in [-0.1, -0.05) is 0 Å². The first kappa shape index (κ1) is 10.0. The van der Waals surface area contributed by atoms with Crippen molar-refractivity contribution in [2.45, 2.75) is 6.42 Å². The van der Waals surface area contributed by atoms with E-state index < -0.39 is 0 Å². The van der Waals surface area contributed by atoms with E-state index in [9.17, 15) is 0 Å². The van der Waals surface area contributed by atoms with Gasteiger partial charge in [0.25, 0.3) is 0 Å². The third-order valence-electron chi connectivity index (χ3n) is 2.91. The minimum Gasteiger partial charge on any atom is -0.396 e. The number of rotatable bonds is 2. The van der Waals surface area contributed by atoms with Gasteiger partial charge in [0.2, 0.25) is 0 Å². The fourth-order valence-corrected chi connectivity index (χ4v) is 1.96. The molecule has 78 valence electrons. The smallest absolute Gasteiger partial charge is 0.0991 e. The number of aliphatic hydroxyl groups excluding tert-OH is 1. The Morgan fingerprint density at radius 1 is 1.40 bits per heavy atom. The second-order valence-electron chi connectivity index (χ2n) is 3.94. The maximum atomic E-state index is 9.04. The molecule has 0 aromatic heterocycles. The molecule has 15 heavy (non-hydrogen) atoms. The van der Waals surface area contributed by atoms with E-state index in [1.54, 1.807) is 0 Å². The maximum absolute atomic E-state index is 9.04. The summed E-state index contributed by atoms with van der Waals surface area (Å²) in [5.74, 6) is 0.403. The second kappa shape index (κ2) is 4.33. The molecule has 1 aromatic carbocycles. The molecule has 0 amide bonds. The Kier molecular flexibility index (Phi) is 2.89. The van der Waals surface area contributed by atoms with Crippen LogP contribution >= 0.6 is 0 Å². The molecule has 1 heterocycles. The number of hydrogen-bond donors (Lipinski definition) is 1. The van der Waals surface area contributed by atoms with Gasteiger partial charge in [0.1, 0.15) is 0 Å². The molecule has 1 aromatic rings. The zero-order valence-electron chi connectivity index (χ0n) is 8.56. The van der Waals surface area contributed by atoms with E-state index in [4.69, 9.17) is 10.4 Å². The quantitative estimate of drug-likeness (QED) is 0.788. The lowest BCUT2D eigenvalue weighted by molar-refractivity contribution is 0.238. The molecule has 1 aliphatic heterocycles. The summed E-state index contributed by atoms with van der Waals surface area (Å²) in [7, 11) is 0. The monoisotopic (exact) mass is 202 g/mol. The molecule has 0 saturated carbocycles. The first-order chi connectivity index (χ1) is 7.33. The van der Waals surface area contributed by atoms with Crippen molar-refractivity contribution in [3.05, 3.63) is 29.8 Å². The van der Waals surface area contributed by atoms with Crippen LogP contribution in [0.5, 0.6) is 0 Å². The van der Waals surface area contributed by atoms with Crippen molar-refractivity contribution in [2.75, 3.05) is 24.6 Å². The SMILES string of the molecule is N#Cc1ccc(N2CCC(CO)C2)cc1. The van der Waals surface area contributed by atoms with Crippen LogP contribution in [0.2, 0.25) is 0 Å². The minimum absolute atomic E-state index is 0.271. The van der Waals surface area contributed by atoms with Crippen LogP contribution in [0.4, 0.5) is 5.69 Å². The normalized spacial score (nSPS) is 20.3. The van der Waals surface area contributed by atoms with Crippen molar-refractivity contribution in [2.24, 2.45) is 5.92 Å². The molecular formula is C12H14N2O. The van der Waals surface area contributed by atoms with Crippen LogP contribution < -0.4 is 4.90 Å². The number of aliphatic hydroxyl groups is 1. The topological polar surface area (TPSA) is 47.3 Å². The number of benzene rings is 1. The Bertz CT molecular complexity index is 366.